The second-order valence-corrected chi connectivity index (χ2v) is 6.50. The highest BCUT2D eigenvalue weighted by molar-refractivity contribution is 5.80. The van der Waals surface area contributed by atoms with Crippen LogP contribution in [-0.4, -0.2) is 40.9 Å². The molecule has 1 aliphatic heterocycles. The first-order chi connectivity index (χ1) is 12.7. The molecule has 6 nitrogen and oxygen atoms in total. The minimum absolute atomic E-state index is 0.0135. The summed E-state index contributed by atoms with van der Waals surface area (Å²) in [5.41, 5.74) is 1.11. The predicted octanol–water partition coefficient (Wildman–Crippen LogP) is 3.00. The lowest BCUT2D eigenvalue weighted by Crippen LogP contribution is -2.46. The van der Waals surface area contributed by atoms with Gasteiger partial charge in [0.05, 0.1) is 12.8 Å². The maximum atomic E-state index is 12.7. The third kappa shape index (κ3) is 4.45. The molecule has 2 aromatic rings. The topological polar surface area (TPSA) is 65.8 Å². The number of carbonyl (C=O) groups is 2. The van der Waals surface area contributed by atoms with Crippen LogP contribution in [0.4, 0.5) is 4.79 Å². The average Bonchev–Trinajstić information content (AvgIpc) is 3.13. The second-order valence-electron chi connectivity index (χ2n) is 6.50. The zero-order valence-corrected chi connectivity index (χ0v) is 15.1. The van der Waals surface area contributed by atoms with Crippen LogP contribution >= 0.6 is 0 Å². The molecular weight excluding hydrogens is 330 g/mol. The molecule has 3 rings (SSSR count). The van der Waals surface area contributed by atoms with Crippen molar-refractivity contribution in [3.05, 3.63) is 60.1 Å². The van der Waals surface area contributed by atoms with Gasteiger partial charge in [-0.1, -0.05) is 37.3 Å². The lowest BCUT2D eigenvalue weighted by molar-refractivity contribution is -0.133. The van der Waals surface area contributed by atoms with Gasteiger partial charge < -0.3 is 19.5 Å². The highest BCUT2D eigenvalue weighted by Crippen LogP contribution is 2.18. The molecule has 2 heterocycles. The standard InChI is InChI=1S/C20H25N3O3/c1-2-17-15-22(20(25)21-13-18-9-6-12-26-18)11-10-19(24)23(17)14-16-7-4-3-5-8-16/h3-9,12,17H,2,10-11,13-15H2,1H3,(H,21,25)/t17-/m1/s1. The van der Waals surface area contributed by atoms with Gasteiger partial charge in [0.2, 0.25) is 5.91 Å². The van der Waals surface area contributed by atoms with E-state index in [1.165, 1.54) is 0 Å². The van der Waals surface area contributed by atoms with E-state index in [-0.39, 0.29) is 18.0 Å². The molecule has 0 spiro atoms. The number of urea groups is 1. The van der Waals surface area contributed by atoms with Gasteiger partial charge in [-0.3, -0.25) is 4.79 Å². The maximum Gasteiger partial charge on any atom is 0.317 e. The Hall–Kier alpha value is -2.76. The highest BCUT2D eigenvalue weighted by atomic mass is 16.3. The van der Waals surface area contributed by atoms with E-state index in [2.05, 4.69) is 12.2 Å². The van der Waals surface area contributed by atoms with Crippen molar-refractivity contribution in [2.75, 3.05) is 13.1 Å². The number of rotatable bonds is 5. The fraction of sp³-hybridized carbons (Fsp3) is 0.400. The quantitative estimate of drug-likeness (QED) is 0.897. The van der Waals surface area contributed by atoms with Crippen LogP contribution in [0.1, 0.15) is 31.1 Å². The van der Waals surface area contributed by atoms with E-state index in [4.69, 9.17) is 4.42 Å². The Bertz CT molecular complexity index is 715. The number of furan rings is 1. The van der Waals surface area contributed by atoms with Crippen LogP contribution in [0, 0.1) is 0 Å². The van der Waals surface area contributed by atoms with Gasteiger partial charge in [0.1, 0.15) is 5.76 Å². The molecule has 1 fully saturated rings. The normalized spacial score (nSPS) is 17.9. The number of nitrogens with one attached hydrogen (secondary N) is 1. The third-order valence-electron chi connectivity index (χ3n) is 4.74. The summed E-state index contributed by atoms with van der Waals surface area (Å²) in [5.74, 6) is 0.809. The van der Waals surface area contributed by atoms with Crippen LogP contribution < -0.4 is 5.32 Å². The lowest BCUT2D eigenvalue weighted by atomic mass is 10.1. The van der Waals surface area contributed by atoms with Crippen LogP contribution in [0.25, 0.3) is 0 Å². The van der Waals surface area contributed by atoms with Crippen LogP contribution in [0.3, 0.4) is 0 Å². The Kier molecular flexibility index (Phi) is 5.94. The highest BCUT2D eigenvalue weighted by Gasteiger charge is 2.30. The minimum Gasteiger partial charge on any atom is -0.467 e. The Balaban J connectivity index is 1.64. The van der Waals surface area contributed by atoms with Crippen molar-refractivity contribution in [2.45, 2.75) is 38.9 Å². The van der Waals surface area contributed by atoms with Gasteiger partial charge in [-0.15, -0.1) is 0 Å². The van der Waals surface area contributed by atoms with Crippen molar-refractivity contribution in [1.29, 1.82) is 0 Å². The summed E-state index contributed by atoms with van der Waals surface area (Å²) in [5, 5.41) is 2.87. The molecule has 1 aromatic carbocycles. The summed E-state index contributed by atoms with van der Waals surface area (Å²) in [4.78, 5) is 28.8. The summed E-state index contributed by atoms with van der Waals surface area (Å²) in [6.45, 7) is 3.96. The van der Waals surface area contributed by atoms with Gasteiger partial charge in [0.25, 0.3) is 0 Å². The monoisotopic (exact) mass is 355 g/mol. The molecular formula is C20H25N3O3. The number of carbonyl (C=O) groups excluding carboxylic acids is 2. The Labute approximate surface area is 153 Å². The molecule has 0 radical (unpaired) electrons. The molecule has 0 saturated carbocycles. The first-order valence-electron chi connectivity index (χ1n) is 9.06. The summed E-state index contributed by atoms with van der Waals surface area (Å²) >= 11 is 0. The van der Waals surface area contributed by atoms with Crippen molar-refractivity contribution < 1.29 is 14.0 Å². The Morgan fingerprint density at radius 2 is 2.04 bits per heavy atom. The van der Waals surface area contributed by atoms with E-state index in [9.17, 15) is 9.59 Å². The smallest absolute Gasteiger partial charge is 0.317 e. The fourth-order valence-electron chi connectivity index (χ4n) is 3.24. The second kappa shape index (κ2) is 8.56. The molecule has 1 N–H and O–H groups in total. The summed E-state index contributed by atoms with van der Waals surface area (Å²) in [6, 6.07) is 13.4. The van der Waals surface area contributed by atoms with Crippen LogP contribution in [0.2, 0.25) is 0 Å². The van der Waals surface area contributed by atoms with E-state index in [0.29, 0.717) is 38.4 Å². The van der Waals surface area contributed by atoms with Crippen molar-refractivity contribution in [2.24, 2.45) is 0 Å². The number of hydrogen-bond acceptors (Lipinski definition) is 3. The number of nitrogens with zero attached hydrogens (tertiary/aromatic N) is 2. The van der Waals surface area contributed by atoms with E-state index in [0.717, 1.165) is 12.0 Å². The molecule has 0 unspecified atom stereocenters. The summed E-state index contributed by atoms with van der Waals surface area (Å²) in [7, 11) is 0. The van der Waals surface area contributed by atoms with Crippen molar-refractivity contribution >= 4 is 11.9 Å². The van der Waals surface area contributed by atoms with Gasteiger partial charge in [0.15, 0.2) is 0 Å². The number of benzene rings is 1. The summed E-state index contributed by atoms with van der Waals surface area (Å²) < 4.78 is 5.24. The van der Waals surface area contributed by atoms with Gasteiger partial charge in [0, 0.05) is 32.1 Å². The third-order valence-corrected chi connectivity index (χ3v) is 4.74. The van der Waals surface area contributed by atoms with Crippen molar-refractivity contribution in [1.82, 2.24) is 15.1 Å². The lowest BCUT2D eigenvalue weighted by Gasteiger charge is -2.31. The number of amides is 3. The molecule has 26 heavy (non-hydrogen) atoms. The molecule has 138 valence electrons. The minimum atomic E-state index is -0.158. The molecule has 1 aliphatic rings. The Morgan fingerprint density at radius 3 is 2.73 bits per heavy atom. The molecule has 1 saturated heterocycles. The van der Waals surface area contributed by atoms with E-state index in [1.54, 1.807) is 17.2 Å². The molecule has 1 atom stereocenters. The van der Waals surface area contributed by atoms with Gasteiger partial charge in [-0.2, -0.15) is 0 Å². The zero-order chi connectivity index (χ0) is 18.4. The first-order valence-corrected chi connectivity index (χ1v) is 9.06. The predicted molar refractivity (Wildman–Crippen MR) is 98.2 cm³/mol. The molecule has 0 aliphatic carbocycles. The van der Waals surface area contributed by atoms with E-state index in [1.807, 2.05) is 41.3 Å². The molecule has 0 bridgehead atoms. The average molecular weight is 355 g/mol. The van der Waals surface area contributed by atoms with Crippen molar-refractivity contribution in [3.8, 4) is 0 Å². The SMILES string of the molecule is CC[C@@H]1CN(C(=O)NCc2ccco2)CCC(=O)N1Cc1ccccc1. The number of hydrogen-bond donors (Lipinski definition) is 1. The zero-order valence-electron chi connectivity index (χ0n) is 15.1. The fourth-order valence-corrected chi connectivity index (χ4v) is 3.24. The molecule has 3 amide bonds. The van der Waals surface area contributed by atoms with Crippen molar-refractivity contribution in [3.63, 3.8) is 0 Å². The van der Waals surface area contributed by atoms with E-state index >= 15 is 0 Å². The van der Waals surface area contributed by atoms with Crippen LogP contribution in [0.5, 0.6) is 0 Å². The van der Waals surface area contributed by atoms with Gasteiger partial charge in [-0.25, -0.2) is 4.79 Å². The van der Waals surface area contributed by atoms with E-state index < -0.39 is 0 Å². The molecule has 1 aromatic heterocycles. The first kappa shape index (κ1) is 18.0. The largest absolute Gasteiger partial charge is 0.467 e. The van der Waals surface area contributed by atoms with Crippen LogP contribution in [0.15, 0.2) is 53.1 Å². The molecule has 6 heteroatoms. The Morgan fingerprint density at radius 1 is 1.23 bits per heavy atom. The van der Waals surface area contributed by atoms with Gasteiger partial charge >= 0.3 is 6.03 Å². The van der Waals surface area contributed by atoms with Gasteiger partial charge in [-0.05, 0) is 24.1 Å². The summed E-state index contributed by atoms with van der Waals surface area (Å²) in [6.07, 6.45) is 2.73. The van der Waals surface area contributed by atoms with Crippen LogP contribution in [-0.2, 0) is 17.9 Å². The maximum absolute atomic E-state index is 12.7.